The maximum absolute atomic E-state index is 14.6. The second kappa shape index (κ2) is 11.1. The predicted octanol–water partition coefficient (Wildman–Crippen LogP) is 6.18. The zero-order chi connectivity index (χ0) is 26.7. The zero-order valence-corrected chi connectivity index (χ0v) is 22.1. The summed E-state index contributed by atoms with van der Waals surface area (Å²) in [5.74, 6) is -0.466. The van der Waals surface area contributed by atoms with Gasteiger partial charge in [0.1, 0.15) is 11.0 Å². The van der Waals surface area contributed by atoms with E-state index >= 15 is 0 Å². The van der Waals surface area contributed by atoms with Crippen LogP contribution < -0.4 is 10.2 Å². The van der Waals surface area contributed by atoms with E-state index in [1.54, 1.807) is 41.4 Å². The number of rotatable bonds is 5. The van der Waals surface area contributed by atoms with Crippen molar-refractivity contribution in [2.75, 3.05) is 31.1 Å². The molecule has 0 atom stereocenters. The summed E-state index contributed by atoms with van der Waals surface area (Å²) in [5.41, 5.74) is 3.51. The number of benzene rings is 2. The highest BCUT2D eigenvalue weighted by Gasteiger charge is 2.48. The number of hydrogen-bond acceptors (Lipinski definition) is 4. The van der Waals surface area contributed by atoms with Crippen molar-refractivity contribution < 1.29 is 9.18 Å². The average molecular weight is 550 g/mol. The molecule has 0 radical (unpaired) electrons. The van der Waals surface area contributed by atoms with Gasteiger partial charge in [-0.3, -0.25) is 9.80 Å². The maximum Gasteiger partial charge on any atom is 0.322 e. The van der Waals surface area contributed by atoms with E-state index in [1.807, 2.05) is 18.2 Å². The van der Waals surface area contributed by atoms with Gasteiger partial charge in [0.25, 0.3) is 0 Å². The Morgan fingerprint density at radius 1 is 1.16 bits per heavy atom. The topological polar surface area (TPSA) is 72.3 Å². The molecule has 1 N–H and O–H groups in total. The maximum atomic E-state index is 14.6. The fourth-order valence-corrected chi connectivity index (χ4v) is 5.88. The van der Waals surface area contributed by atoms with Crippen LogP contribution >= 0.6 is 23.2 Å². The molecule has 0 saturated carbocycles. The van der Waals surface area contributed by atoms with Gasteiger partial charge in [0.2, 0.25) is 0 Å². The molecule has 2 aliphatic heterocycles. The SMILES string of the molecule is N#Cc1ccc(C=CCN2CCC3(CC2)CN(C(=O)NCc2ccnc(Cl)c2)c2ccc(F)c(Cl)c23)cc1. The molecule has 0 aliphatic carbocycles. The van der Waals surface area contributed by atoms with Crippen LogP contribution in [-0.4, -0.2) is 42.1 Å². The number of anilines is 1. The minimum absolute atomic E-state index is 0.105. The van der Waals surface area contributed by atoms with Crippen LogP contribution in [0.15, 0.2) is 60.8 Å². The van der Waals surface area contributed by atoms with Gasteiger partial charge in [-0.15, -0.1) is 0 Å². The van der Waals surface area contributed by atoms with Crippen molar-refractivity contribution in [2.45, 2.75) is 24.8 Å². The van der Waals surface area contributed by atoms with E-state index in [2.05, 4.69) is 27.3 Å². The monoisotopic (exact) mass is 549 g/mol. The first-order valence-electron chi connectivity index (χ1n) is 12.4. The van der Waals surface area contributed by atoms with Gasteiger partial charge < -0.3 is 5.32 Å². The summed E-state index contributed by atoms with van der Waals surface area (Å²) in [7, 11) is 0. The summed E-state index contributed by atoms with van der Waals surface area (Å²) in [6, 6.07) is 15.8. The number of amides is 2. The zero-order valence-electron chi connectivity index (χ0n) is 20.6. The van der Waals surface area contributed by atoms with Crippen LogP contribution in [-0.2, 0) is 12.0 Å². The van der Waals surface area contributed by atoms with Crippen molar-refractivity contribution in [3.8, 4) is 6.07 Å². The molecule has 6 nitrogen and oxygen atoms in total. The predicted molar refractivity (Wildman–Crippen MR) is 148 cm³/mol. The summed E-state index contributed by atoms with van der Waals surface area (Å²) < 4.78 is 14.6. The third-order valence-electron chi connectivity index (χ3n) is 7.36. The number of aromatic nitrogens is 1. The van der Waals surface area contributed by atoms with Crippen molar-refractivity contribution in [3.05, 3.63) is 99.1 Å². The van der Waals surface area contributed by atoms with Crippen LogP contribution in [0.1, 0.15) is 35.1 Å². The molecular formula is C29H26Cl2FN5O. The van der Waals surface area contributed by atoms with Crippen molar-refractivity contribution in [1.29, 1.82) is 5.26 Å². The molecule has 2 aromatic carbocycles. The second-order valence-corrected chi connectivity index (χ2v) is 10.5. The lowest BCUT2D eigenvalue weighted by Gasteiger charge is -2.39. The number of carbonyl (C=O) groups excluding carboxylic acids is 1. The molecule has 2 amide bonds. The molecule has 2 aliphatic rings. The minimum atomic E-state index is -0.466. The number of carbonyl (C=O) groups is 1. The minimum Gasteiger partial charge on any atom is -0.334 e. The number of piperidine rings is 1. The van der Waals surface area contributed by atoms with E-state index < -0.39 is 11.2 Å². The first-order valence-corrected chi connectivity index (χ1v) is 13.2. The average Bonchev–Trinajstić information content (AvgIpc) is 3.25. The van der Waals surface area contributed by atoms with Crippen LogP contribution in [0, 0.1) is 17.1 Å². The Balaban J connectivity index is 1.27. The molecule has 3 aromatic rings. The molecule has 38 heavy (non-hydrogen) atoms. The molecule has 5 rings (SSSR count). The lowest BCUT2D eigenvalue weighted by molar-refractivity contribution is 0.180. The van der Waals surface area contributed by atoms with E-state index in [0.29, 0.717) is 29.5 Å². The third kappa shape index (κ3) is 5.39. The van der Waals surface area contributed by atoms with Crippen molar-refractivity contribution >= 4 is 41.0 Å². The van der Waals surface area contributed by atoms with Crippen molar-refractivity contribution in [1.82, 2.24) is 15.2 Å². The van der Waals surface area contributed by atoms with Gasteiger partial charge in [-0.1, -0.05) is 47.5 Å². The van der Waals surface area contributed by atoms with E-state index in [9.17, 15) is 9.18 Å². The fraction of sp³-hybridized carbons (Fsp3) is 0.276. The molecular weight excluding hydrogens is 524 g/mol. The molecule has 9 heteroatoms. The largest absolute Gasteiger partial charge is 0.334 e. The van der Waals surface area contributed by atoms with Gasteiger partial charge in [0.15, 0.2) is 0 Å². The quantitative estimate of drug-likeness (QED) is 0.386. The van der Waals surface area contributed by atoms with Crippen molar-refractivity contribution in [3.63, 3.8) is 0 Å². The first-order chi connectivity index (χ1) is 18.4. The van der Waals surface area contributed by atoms with Crippen molar-refractivity contribution in [2.24, 2.45) is 0 Å². The summed E-state index contributed by atoms with van der Waals surface area (Å²) >= 11 is 12.5. The number of halogens is 3. The standard InChI is InChI=1S/C29H26Cl2FN5O/c30-25-16-22(9-12-34-25)18-35-28(38)37-19-29(26-24(37)8-7-23(32)27(26)31)10-14-36(15-11-29)13-1-2-20-3-5-21(17-33)6-4-20/h1-9,12,16H,10-11,13-15,18-19H2,(H,35,38). The number of nitrogens with zero attached hydrogens (tertiary/aromatic N) is 4. The van der Waals surface area contributed by atoms with Crippen LogP contribution in [0.3, 0.4) is 0 Å². The van der Waals surface area contributed by atoms with Gasteiger partial charge in [-0.05, 0) is 73.5 Å². The van der Waals surface area contributed by atoms with Gasteiger partial charge in [0.05, 0.1) is 22.3 Å². The number of likely N-dealkylation sites (tertiary alicyclic amines) is 1. The summed E-state index contributed by atoms with van der Waals surface area (Å²) in [6.45, 7) is 3.12. The van der Waals surface area contributed by atoms with E-state index in [-0.39, 0.29) is 11.1 Å². The van der Waals surface area contributed by atoms with Crippen LogP contribution in [0.25, 0.3) is 6.08 Å². The van der Waals surface area contributed by atoms with E-state index in [1.165, 1.54) is 6.07 Å². The lowest BCUT2D eigenvalue weighted by Crippen LogP contribution is -2.47. The van der Waals surface area contributed by atoms with Gasteiger partial charge in [0, 0.05) is 36.8 Å². The van der Waals surface area contributed by atoms with Gasteiger partial charge >= 0.3 is 6.03 Å². The fourth-order valence-electron chi connectivity index (χ4n) is 5.32. The van der Waals surface area contributed by atoms with Crippen LogP contribution in [0.4, 0.5) is 14.9 Å². The Kier molecular flexibility index (Phi) is 7.66. The Hall–Kier alpha value is -3.44. The van der Waals surface area contributed by atoms with E-state index in [0.717, 1.165) is 49.2 Å². The number of nitrogens with one attached hydrogen (secondary N) is 1. The van der Waals surface area contributed by atoms with Crippen LogP contribution in [0.5, 0.6) is 0 Å². The van der Waals surface area contributed by atoms with Gasteiger partial charge in [-0.25, -0.2) is 14.2 Å². The Bertz CT molecular complexity index is 1410. The summed E-state index contributed by atoms with van der Waals surface area (Å²) in [4.78, 5) is 21.3. The number of nitriles is 1. The number of urea groups is 1. The second-order valence-electron chi connectivity index (χ2n) is 9.70. The lowest BCUT2D eigenvalue weighted by atomic mass is 9.74. The molecule has 0 bridgehead atoms. The number of hydrogen-bond donors (Lipinski definition) is 1. The highest BCUT2D eigenvalue weighted by atomic mass is 35.5. The number of pyridine rings is 1. The van der Waals surface area contributed by atoms with Gasteiger partial charge in [-0.2, -0.15) is 5.26 Å². The molecule has 1 saturated heterocycles. The summed E-state index contributed by atoms with van der Waals surface area (Å²) in [5, 5.41) is 12.4. The molecule has 3 heterocycles. The summed E-state index contributed by atoms with van der Waals surface area (Å²) in [6.07, 6.45) is 7.28. The van der Waals surface area contributed by atoms with Crippen LogP contribution in [0.2, 0.25) is 10.2 Å². The Morgan fingerprint density at radius 3 is 2.63 bits per heavy atom. The Morgan fingerprint density at radius 2 is 1.92 bits per heavy atom. The molecule has 1 aromatic heterocycles. The normalized spacial score (nSPS) is 16.5. The Labute approximate surface area is 231 Å². The molecule has 1 spiro atoms. The number of fused-ring (bicyclic) bond motifs is 2. The van der Waals surface area contributed by atoms with E-state index in [4.69, 9.17) is 28.5 Å². The molecule has 1 fully saturated rings. The third-order valence-corrected chi connectivity index (χ3v) is 7.94. The molecule has 0 unspecified atom stereocenters. The smallest absolute Gasteiger partial charge is 0.322 e. The highest BCUT2D eigenvalue weighted by Crippen LogP contribution is 2.50. The molecule has 194 valence electrons. The first kappa shape index (κ1) is 26.2. The highest BCUT2D eigenvalue weighted by molar-refractivity contribution is 6.32.